The summed E-state index contributed by atoms with van der Waals surface area (Å²) in [5.74, 6) is 3.12. The number of urea groups is 1. The summed E-state index contributed by atoms with van der Waals surface area (Å²) in [5.41, 5.74) is -0.784. The number of amides is 2. The summed E-state index contributed by atoms with van der Waals surface area (Å²) >= 11 is 1.59. The maximum atomic E-state index is 12.0. The average Bonchev–Trinajstić information content (AvgIpc) is 2.46. The SMILES string of the molecule is C#CCSCCNC(=O)N1CCCC(CC)(C(=O)O)C1. The van der Waals surface area contributed by atoms with E-state index >= 15 is 0 Å². The molecule has 1 saturated heterocycles. The molecule has 2 amide bonds. The van der Waals surface area contributed by atoms with Crippen LogP contribution in [0.2, 0.25) is 0 Å². The van der Waals surface area contributed by atoms with Crippen LogP contribution in [0.1, 0.15) is 26.2 Å². The Morgan fingerprint density at radius 3 is 2.90 bits per heavy atom. The first-order chi connectivity index (χ1) is 9.55. The molecule has 0 spiro atoms. The van der Waals surface area contributed by atoms with Crippen LogP contribution in [-0.2, 0) is 4.79 Å². The molecule has 1 heterocycles. The normalized spacial score (nSPS) is 22.1. The summed E-state index contributed by atoms with van der Waals surface area (Å²) in [6.07, 6.45) is 7.06. The molecule has 0 saturated carbocycles. The Bertz CT molecular complexity index is 394. The molecule has 6 heteroatoms. The predicted molar refractivity (Wildman–Crippen MR) is 80.7 cm³/mol. The van der Waals surface area contributed by atoms with Crippen LogP contribution in [0.4, 0.5) is 4.79 Å². The highest BCUT2D eigenvalue weighted by molar-refractivity contribution is 7.99. The zero-order valence-electron chi connectivity index (χ0n) is 11.9. The molecular formula is C14H22N2O3S. The quantitative estimate of drug-likeness (QED) is 0.578. The van der Waals surface area contributed by atoms with Crippen molar-refractivity contribution in [1.82, 2.24) is 10.2 Å². The van der Waals surface area contributed by atoms with Crippen LogP contribution in [0.15, 0.2) is 0 Å². The van der Waals surface area contributed by atoms with Crippen LogP contribution < -0.4 is 5.32 Å². The van der Waals surface area contributed by atoms with E-state index in [0.717, 1.165) is 12.2 Å². The fourth-order valence-corrected chi connectivity index (χ4v) is 2.90. The Kier molecular flexibility index (Phi) is 6.73. The third-order valence-corrected chi connectivity index (χ3v) is 4.57. The van der Waals surface area contributed by atoms with Gasteiger partial charge in [0.25, 0.3) is 0 Å². The molecule has 20 heavy (non-hydrogen) atoms. The van der Waals surface area contributed by atoms with E-state index in [1.165, 1.54) is 0 Å². The number of carboxylic acids is 1. The molecular weight excluding hydrogens is 276 g/mol. The lowest BCUT2D eigenvalue weighted by molar-refractivity contribution is -0.152. The minimum Gasteiger partial charge on any atom is -0.481 e. The van der Waals surface area contributed by atoms with Crippen molar-refractivity contribution in [3.8, 4) is 12.3 Å². The highest BCUT2D eigenvalue weighted by Crippen LogP contribution is 2.33. The van der Waals surface area contributed by atoms with Gasteiger partial charge in [0.1, 0.15) is 0 Å². The average molecular weight is 298 g/mol. The summed E-state index contributed by atoms with van der Waals surface area (Å²) < 4.78 is 0. The number of rotatable bonds is 6. The van der Waals surface area contributed by atoms with Gasteiger partial charge in [-0.2, -0.15) is 0 Å². The van der Waals surface area contributed by atoms with E-state index in [1.54, 1.807) is 16.7 Å². The summed E-state index contributed by atoms with van der Waals surface area (Å²) in [6, 6.07) is -0.176. The molecule has 0 aliphatic carbocycles. The predicted octanol–water partition coefficient (Wildman–Crippen LogP) is 1.64. The lowest BCUT2D eigenvalue weighted by Crippen LogP contribution is -2.52. The number of carboxylic acid groups (broad SMARTS) is 1. The van der Waals surface area contributed by atoms with E-state index in [0.29, 0.717) is 38.2 Å². The second-order valence-electron chi connectivity index (χ2n) is 4.95. The van der Waals surface area contributed by atoms with E-state index in [1.807, 2.05) is 6.92 Å². The van der Waals surface area contributed by atoms with Gasteiger partial charge in [-0.05, 0) is 19.3 Å². The molecule has 0 aromatic heterocycles. The Labute approximate surface area is 124 Å². The van der Waals surface area contributed by atoms with Gasteiger partial charge >= 0.3 is 12.0 Å². The second kappa shape index (κ2) is 8.05. The molecule has 1 fully saturated rings. The Hall–Kier alpha value is -1.35. The molecule has 0 aromatic carbocycles. The van der Waals surface area contributed by atoms with E-state index in [2.05, 4.69) is 11.2 Å². The van der Waals surface area contributed by atoms with Crippen molar-refractivity contribution in [2.45, 2.75) is 26.2 Å². The Morgan fingerprint density at radius 2 is 2.30 bits per heavy atom. The van der Waals surface area contributed by atoms with Crippen molar-refractivity contribution in [3.05, 3.63) is 0 Å². The molecule has 2 N–H and O–H groups in total. The lowest BCUT2D eigenvalue weighted by atomic mass is 9.78. The first kappa shape index (κ1) is 16.7. The molecule has 1 rings (SSSR count). The zero-order valence-corrected chi connectivity index (χ0v) is 12.7. The van der Waals surface area contributed by atoms with Crippen molar-refractivity contribution < 1.29 is 14.7 Å². The maximum absolute atomic E-state index is 12.0. The number of hydrogen-bond donors (Lipinski definition) is 2. The molecule has 1 atom stereocenters. The second-order valence-corrected chi connectivity index (χ2v) is 6.06. The largest absolute Gasteiger partial charge is 0.481 e. The van der Waals surface area contributed by atoms with Gasteiger partial charge in [0.15, 0.2) is 0 Å². The molecule has 0 bridgehead atoms. The van der Waals surface area contributed by atoms with Crippen molar-refractivity contribution in [2.24, 2.45) is 5.41 Å². The van der Waals surface area contributed by atoms with Crippen molar-refractivity contribution in [1.29, 1.82) is 0 Å². The molecule has 1 aliphatic rings. The van der Waals surface area contributed by atoms with Crippen LogP contribution in [0, 0.1) is 17.8 Å². The number of carbonyl (C=O) groups is 2. The smallest absolute Gasteiger partial charge is 0.317 e. The standard InChI is InChI=1S/C14H22N2O3S/c1-3-9-20-10-7-15-13(19)16-8-5-6-14(4-2,11-16)12(17)18/h1H,4-11H2,2H3,(H,15,19)(H,17,18). The van der Waals surface area contributed by atoms with Crippen LogP contribution >= 0.6 is 11.8 Å². The maximum Gasteiger partial charge on any atom is 0.317 e. The summed E-state index contributed by atoms with van der Waals surface area (Å²) in [5, 5.41) is 12.2. The zero-order chi connectivity index (χ0) is 15.0. The van der Waals surface area contributed by atoms with E-state index in [-0.39, 0.29) is 6.03 Å². The minimum atomic E-state index is -0.804. The fourth-order valence-electron chi connectivity index (χ4n) is 2.39. The number of terminal acetylenes is 1. The van der Waals surface area contributed by atoms with Gasteiger partial charge in [0.2, 0.25) is 0 Å². The minimum absolute atomic E-state index is 0.176. The van der Waals surface area contributed by atoms with Gasteiger partial charge in [-0.15, -0.1) is 18.2 Å². The van der Waals surface area contributed by atoms with Gasteiger partial charge in [0.05, 0.1) is 11.2 Å². The number of nitrogens with one attached hydrogen (secondary N) is 1. The van der Waals surface area contributed by atoms with Crippen LogP contribution in [0.3, 0.4) is 0 Å². The van der Waals surface area contributed by atoms with Gasteiger partial charge in [0, 0.05) is 25.4 Å². The molecule has 112 valence electrons. The number of nitrogens with zero attached hydrogens (tertiary/aromatic N) is 1. The highest BCUT2D eigenvalue weighted by atomic mass is 32.2. The van der Waals surface area contributed by atoms with Gasteiger partial charge in [-0.25, -0.2) is 4.79 Å². The number of piperidine rings is 1. The number of likely N-dealkylation sites (tertiary alicyclic amines) is 1. The lowest BCUT2D eigenvalue weighted by Gasteiger charge is -2.39. The summed E-state index contributed by atoms with van der Waals surface area (Å²) in [4.78, 5) is 25.1. The Morgan fingerprint density at radius 1 is 1.55 bits per heavy atom. The fraction of sp³-hybridized carbons (Fsp3) is 0.714. The molecule has 0 radical (unpaired) electrons. The van der Waals surface area contributed by atoms with E-state index in [4.69, 9.17) is 6.42 Å². The highest BCUT2D eigenvalue weighted by Gasteiger charge is 2.42. The molecule has 5 nitrogen and oxygen atoms in total. The van der Waals surface area contributed by atoms with E-state index in [9.17, 15) is 14.7 Å². The van der Waals surface area contributed by atoms with E-state index < -0.39 is 11.4 Å². The first-order valence-electron chi connectivity index (χ1n) is 6.83. The molecule has 0 aromatic rings. The molecule has 1 unspecified atom stereocenters. The summed E-state index contributed by atoms with van der Waals surface area (Å²) in [7, 11) is 0. The van der Waals surface area contributed by atoms with Crippen molar-refractivity contribution in [3.63, 3.8) is 0 Å². The number of aliphatic carboxylic acids is 1. The van der Waals surface area contributed by atoms with Crippen LogP contribution in [0.25, 0.3) is 0 Å². The van der Waals surface area contributed by atoms with Crippen molar-refractivity contribution in [2.75, 3.05) is 31.1 Å². The third-order valence-electron chi connectivity index (χ3n) is 3.70. The van der Waals surface area contributed by atoms with Gasteiger partial charge in [-0.1, -0.05) is 12.8 Å². The number of hydrogen-bond acceptors (Lipinski definition) is 3. The monoisotopic (exact) mass is 298 g/mol. The topological polar surface area (TPSA) is 69.6 Å². The first-order valence-corrected chi connectivity index (χ1v) is 7.98. The van der Waals surface area contributed by atoms with Gasteiger partial charge in [-0.3, -0.25) is 4.79 Å². The van der Waals surface area contributed by atoms with Crippen LogP contribution in [-0.4, -0.2) is 53.1 Å². The molecule has 1 aliphatic heterocycles. The third kappa shape index (κ3) is 4.34. The number of carbonyl (C=O) groups excluding carboxylic acids is 1. The number of thioether (sulfide) groups is 1. The van der Waals surface area contributed by atoms with Crippen LogP contribution in [0.5, 0.6) is 0 Å². The van der Waals surface area contributed by atoms with Crippen molar-refractivity contribution >= 4 is 23.8 Å². The Balaban J connectivity index is 2.44. The summed E-state index contributed by atoms with van der Waals surface area (Å²) in [6.45, 7) is 3.33. The van der Waals surface area contributed by atoms with Gasteiger partial charge < -0.3 is 15.3 Å².